The van der Waals surface area contributed by atoms with Gasteiger partial charge in [0.15, 0.2) is 0 Å². The van der Waals surface area contributed by atoms with Crippen LogP contribution in [0.3, 0.4) is 0 Å². The van der Waals surface area contributed by atoms with Crippen molar-refractivity contribution in [2.45, 2.75) is 19.6 Å². The van der Waals surface area contributed by atoms with Crippen LogP contribution in [-0.4, -0.2) is 24.7 Å². The molecule has 0 aromatic heterocycles. The van der Waals surface area contributed by atoms with Gasteiger partial charge in [-0.2, -0.15) is 0 Å². The van der Waals surface area contributed by atoms with Gasteiger partial charge in [0.1, 0.15) is 5.69 Å². The molecule has 0 saturated heterocycles. The predicted octanol–water partition coefficient (Wildman–Crippen LogP) is 1.43. The number of methoxy groups -OCH3 is 1. The second kappa shape index (κ2) is 6.90. The van der Waals surface area contributed by atoms with E-state index in [9.17, 15) is 10.1 Å². The standard InChI is InChI=1S/C11H17N3O4/c1-8(6-17-2)18-7-9-4-3-5-10(14(15)16)11(9)13-12/h3-5,8,13H,6-7,12H2,1-2H3. The van der Waals surface area contributed by atoms with Crippen molar-refractivity contribution in [3.63, 3.8) is 0 Å². The lowest BCUT2D eigenvalue weighted by Crippen LogP contribution is -2.16. The first kappa shape index (κ1) is 14.4. The fourth-order valence-corrected chi connectivity index (χ4v) is 1.54. The molecular weight excluding hydrogens is 238 g/mol. The molecule has 0 amide bonds. The molecule has 7 nitrogen and oxygen atoms in total. The van der Waals surface area contributed by atoms with Gasteiger partial charge in [-0.1, -0.05) is 12.1 Å². The zero-order valence-corrected chi connectivity index (χ0v) is 10.4. The number of nitrogens with two attached hydrogens (primary N) is 1. The SMILES string of the molecule is COCC(C)OCc1cccc([N+](=O)[O-])c1NN. The third-order valence-electron chi connectivity index (χ3n) is 2.39. The van der Waals surface area contributed by atoms with E-state index in [1.165, 1.54) is 6.07 Å². The van der Waals surface area contributed by atoms with Crippen molar-refractivity contribution in [3.8, 4) is 0 Å². The Morgan fingerprint density at radius 2 is 2.28 bits per heavy atom. The van der Waals surface area contributed by atoms with E-state index in [1.54, 1.807) is 19.2 Å². The van der Waals surface area contributed by atoms with Crippen molar-refractivity contribution >= 4 is 11.4 Å². The summed E-state index contributed by atoms with van der Waals surface area (Å²) in [5, 5.41) is 10.8. The molecule has 0 aliphatic rings. The summed E-state index contributed by atoms with van der Waals surface area (Å²) in [6.07, 6.45) is -0.0973. The molecule has 0 saturated carbocycles. The van der Waals surface area contributed by atoms with E-state index in [0.717, 1.165) is 0 Å². The molecule has 3 N–H and O–H groups in total. The van der Waals surface area contributed by atoms with E-state index in [2.05, 4.69) is 5.43 Å². The van der Waals surface area contributed by atoms with Crippen LogP contribution in [0.5, 0.6) is 0 Å². The maximum absolute atomic E-state index is 10.8. The molecule has 1 aromatic rings. The highest BCUT2D eigenvalue weighted by Gasteiger charge is 2.16. The summed E-state index contributed by atoms with van der Waals surface area (Å²) in [5.74, 6) is 5.32. The predicted molar refractivity (Wildman–Crippen MR) is 67.0 cm³/mol. The van der Waals surface area contributed by atoms with E-state index in [-0.39, 0.29) is 24.1 Å². The van der Waals surface area contributed by atoms with Gasteiger partial charge in [0.2, 0.25) is 0 Å². The second-order valence-electron chi connectivity index (χ2n) is 3.79. The number of nitro groups is 1. The largest absolute Gasteiger partial charge is 0.382 e. The molecule has 18 heavy (non-hydrogen) atoms. The third kappa shape index (κ3) is 3.66. The number of benzene rings is 1. The van der Waals surface area contributed by atoms with Gasteiger partial charge in [-0.05, 0) is 6.92 Å². The molecular formula is C11H17N3O4. The Balaban J connectivity index is 2.82. The van der Waals surface area contributed by atoms with Crippen molar-refractivity contribution < 1.29 is 14.4 Å². The van der Waals surface area contributed by atoms with Crippen LogP contribution in [0.1, 0.15) is 12.5 Å². The Kier molecular flexibility index (Phi) is 5.50. The van der Waals surface area contributed by atoms with Crippen LogP contribution in [-0.2, 0) is 16.1 Å². The number of hydrogen-bond donors (Lipinski definition) is 2. The zero-order chi connectivity index (χ0) is 13.5. The van der Waals surface area contributed by atoms with Gasteiger partial charge in [-0.25, -0.2) is 0 Å². The van der Waals surface area contributed by atoms with Gasteiger partial charge in [0, 0.05) is 18.7 Å². The smallest absolute Gasteiger partial charge is 0.294 e. The third-order valence-corrected chi connectivity index (χ3v) is 2.39. The van der Waals surface area contributed by atoms with E-state index in [1.807, 2.05) is 6.92 Å². The normalized spacial score (nSPS) is 12.2. The number of nitrogens with one attached hydrogen (secondary N) is 1. The summed E-state index contributed by atoms with van der Waals surface area (Å²) in [6.45, 7) is 2.54. The number of ether oxygens (including phenoxy) is 2. The van der Waals surface area contributed by atoms with E-state index in [4.69, 9.17) is 15.3 Å². The number of nitro benzene ring substituents is 1. The van der Waals surface area contributed by atoms with Gasteiger partial charge >= 0.3 is 0 Å². The Morgan fingerprint density at radius 3 is 2.83 bits per heavy atom. The highest BCUT2D eigenvalue weighted by Crippen LogP contribution is 2.27. The molecule has 0 fully saturated rings. The van der Waals surface area contributed by atoms with Crippen LogP contribution in [0.25, 0.3) is 0 Å². The minimum absolute atomic E-state index is 0.0713. The van der Waals surface area contributed by atoms with Crippen molar-refractivity contribution in [3.05, 3.63) is 33.9 Å². The number of hydrazine groups is 1. The zero-order valence-electron chi connectivity index (χ0n) is 10.4. The van der Waals surface area contributed by atoms with Gasteiger partial charge in [0.05, 0.1) is 24.2 Å². The lowest BCUT2D eigenvalue weighted by atomic mass is 10.1. The average molecular weight is 255 g/mol. The molecule has 0 spiro atoms. The molecule has 0 radical (unpaired) electrons. The molecule has 0 aliphatic heterocycles. The van der Waals surface area contributed by atoms with Crippen LogP contribution < -0.4 is 11.3 Å². The molecule has 0 heterocycles. The first-order valence-corrected chi connectivity index (χ1v) is 5.43. The summed E-state index contributed by atoms with van der Waals surface area (Å²) in [5.41, 5.74) is 3.18. The lowest BCUT2D eigenvalue weighted by Gasteiger charge is -2.14. The minimum atomic E-state index is -0.489. The van der Waals surface area contributed by atoms with Crippen LogP contribution in [0, 0.1) is 10.1 Å². The average Bonchev–Trinajstić information content (AvgIpc) is 2.36. The Hall–Kier alpha value is -1.70. The summed E-state index contributed by atoms with van der Waals surface area (Å²) in [6, 6.07) is 4.71. The number of hydrogen-bond acceptors (Lipinski definition) is 6. The Labute approximate surface area is 105 Å². The summed E-state index contributed by atoms with van der Waals surface area (Å²) < 4.78 is 10.4. The monoisotopic (exact) mass is 255 g/mol. The second-order valence-corrected chi connectivity index (χ2v) is 3.79. The number of rotatable bonds is 7. The number of nitrogen functional groups attached to an aromatic ring is 1. The van der Waals surface area contributed by atoms with Crippen LogP contribution in [0.2, 0.25) is 0 Å². The molecule has 1 aromatic carbocycles. The summed E-state index contributed by atoms with van der Waals surface area (Å²) in [7, 11) is 1.58. The van der Waals surface area contributed by atoms with Gasteiger partial charge < -0.3 is 14.9 Å². The summed E-state index contributed by atoms with van der Waals surface area (Å²) in [4.78, 5) is 10.3. The van der Waals surface area contributed by atoms with Gasteiger partial charge in [0.25, 0.3) is 5.69 Å². The molecule has 1 rings (SSSR count). The van der Waals surface area contributed by atoms with Crippen LogP contribution in [0.4, 0.5) is 11.4 Å². The van der Waals surface area contributed by atoms with Crippen LogP contribution in [0.15, 0.2) is 18.2 Å². The fraction of sp³-hybridized carbons (Fsp3) is 0.455. The van der Waals surface area contributed by atoms with E-state index < -0.39 is 4.92 Å². The highest BCUT2D eigenvalue weighted by molar-refractivity contribution is 5.65. The maximum atomic E-state index is 10.8. The number of para-hydroxylation sites is 1. The minimum Gasteiger partial charge on any atom is -0.382 e. The van der Waals surface area contributed by atoms with Crippen molar-refractivity contribution in [1.82, 2.24) is 0 Å². The topological polar surface area (TPSA) is 99.6 Å². The van der Waals surface area contributed by atoms with Crippen molar-refractivity contribution in [1.29, 1.82) is 0 Å². The lowest BCUT2D eigenvalue weighted by molar-refractivity contribution is -0.384. The molecule has 1 atom stereocenters. The molecule has 100 valence electrons. The number of nitrogens with zero attached hydrogens (tertiary/aromatic N) is 1. The molecule has 1 unspecified atom stereocenters. The highest BCUT2D eigenvalue weighted by atomic mass is 16.6. The van der Waals surface area contributed by atoms with Gasteiger partial charge in [-0.15, -0.1) is 0 Å². The number of anilines is 1. The first-order valence-electron chi connectivity index (χ1n) is 5.43. The molecule has 7 heteroatoms. The Morgan fingerprint density at radius 1 is 1.56 bits per heavy atom. The van der Waals surface area contributed by atoms with E-state index >= 15 is 0 Å². The maximum Gasteiger partial charge on any atom is 0.294 e. The van der Waals surface area contributed by atoms with Crippen molar-refractivity contribution in [2.24, 2.45) is 5.84 Å². The first-order chi connectivity index (χ1) is 8.60. The molecule has 0 aliphatic carbocycles. The van der Waals surface area contributed by atoms with Crippen molar-refractivity contribution in [2.75, 3.05) is 19.1 Å². The summed E-state index contributed by atoms with van der Waals surface area (Å²) >= 11 is 0. The Bertz CT molecular complexity index is 411. The van der Waals surface area contributed by atoms with Gasteiger partial charge in [-0.3, -0.25) is 16.0 Å². The molecule has 0 bridgehead atoms. The quantitative estimate of drug-likeness (QED) is 0.434. The van der Waals surface area contributed by atoms with Crippen LogP contribution >= 0.6 is 0 Å². The fourth-order valence-electron chi connectivity index (χ4n) is 1.54. The van der Waals surface area contributed by atoms with E-state index in [0.29, 0.717) is 12.2 Å².